The van der Waals surface area contributed by atoms with E-state index in [1.165, 1.54) is 24.3 Å². The minimum Gasteiger partial charge on any atom is -0.481 e. The number of hydrogen-bond donors (Lipinski definition) is 2. The molecule has 1 saturated carbocycles. The number of carbonyl (C=O) groups is 2. The Kier molecular flexibility index (Phi) is 3.92. The van der Waals surface area contributed by atoms with Gasteiger partial charge in [0.05, 0.1) is 5.41 Å². The van der Waals surface area contributed by atoms with Gasteiger partial charge in [0, 0.05) is 6.54 Å². The molecule has 2 N–H and O–H groups in total. The zero-order valence-corrected chi connectivity index (χ0v) is 11.1. The number of amides is 1. The van der Waals surface area contributed by atoms with E-state index in [9.17, 15) is 14.0 Å². The molecule has 0 heterocycles. The Hall–Kier alpha value is -2.11. The molecule has 1 aromatic carbocycles. The van der Waals surface area contributed by atoms with Gasteiger partial charge in [0.2, 0.25) is 0 Å². The lowest BCUT2D eigenvalue weighted by Gasteiger charge is -2.16. The third kappa shape index (κ3) is 3.26. The molecule has 6 heteroatoms. The highest BCUT2D eigenvalue weighted by Crippen LogP contribution is 2.45. The van der Waals surface area contributed by atoms with Crippen molar-refractivity contribution in [1.29, 1.82) is 0 Å². The molecule has 1 aliphatic carbocycles. The lowest BCUT2D eigenvalue weighted by molar-refractivity contribution is -0.143. The average molecular weight is 281 g/mol. The van der Waals surface area contributed by atoms with E-state index in [4.69, 9.17) is 9.84 Å². The number of aliphatic carboxylic acids is 1. The molecule has 0 aliphatic heterocycles. The fraction of sp³-hybridized carbons (Fsp3) is 0.429. The van der Waals surface area contributed by atoms with Crippen LogP contribution in [0.4, 0.5) is 4.39 Å². The van der Waals surface area contributed by atoms with Gasteiger partial charge in [-0.15, -0.1) is 0 Å². The van der Waals surface area contributed by atoms with Gasteiger partial charge in [0.25, 0.3) is 5.91 Å². The fourth-order valence-electron chi connectivity index (χ4n) is 1.79. The molecule has 0 bridgehead atoms. The Labute approximate surface area is 115 Å². The second-order valence-electron chi connectivity index (χ2n) is 5.02. The molecular weight excluding hydrogens is 265 g/mol. The Morgan fingerprint density at radius 3 is 2.50 bits per heavy atom. The van der Waals surface area contributed by atoms with Crippen molar-refractivity contribution in [2.75, 3.05) is 6.54 Å². The minimum atomic E-state index is -0.884. The molecule has 1 aromatic rings. The van der Waals surface area contributed by atoms with Gasteiger partial charge in [-0.3, -0.25) is 9.59 Å². The maximum absolute atomic E-state index is 12.7. The van der Waals surface area contributed by atoms with Crippen molar-refractivity contribution in [2.45, 2.75) is 25.9 Å². The second-order valence-corrected chi connectivity index (χ2v) is 5.02. The van der Waals surface area contributed by atoms with Crippen molar-refractivity contribution in [3.8, 4) is 5.75 Å². The standard InChI is InChI=1S/C14H16FNO4/c1-9(20-11-4-2-10(15)3-5-11)12(17)16-8-14(6-7-14)13(18)19/h2-5,9H,6-8H2,1H3,(H,16,17)(H,18,19). The molecule has 1 unspecified atom stereocenters. The molecular formula is C14H16FNO4. The van der Waals surface area contributed by atoms with Gasteiger partial charge in [0.1, 0.15) is 11.6 Å². The van der Waals surface area contributed by atoms with Crippen LogP contribution in [-0.2, 0) is 9.59 Å². The first-order chi connectivity index (χ1) is 9.43. The first-order valence-corrected chi connectivity index (χ1v) is 6.36. The van der Waals surface area contributed by atoms with Crippen LogP contribution in [0.15, 0.2) is 24.3 Å². The van der Waals surface area contributed by atoms with Gasteiger partial charge in [-0.25, -0.2) is 4.39 Å². The summed E-state index contributed by atoms with van der Waals surface area (Å²) >= 11 is 0. The van der Waals surface area contributed by atoms with Gasteiger partial charge in [-0.2, -0.15) is 0 Å². The third-order valence-corrected chi connectivity index (χ3v) is 3.40. The maximum Gasteiger partial charge on any atom is 0.311 e. The summed E-state index contributed by atoms with van der Waals surface area (Å²) in [5.41, 5.74) is -0.800. The van der Waals surface area contributed by atoms with Gasteiger partial charge < -0.3 is 15.2 Å². The molecule has 108 valence electrons. The van der Waals surface area contributed by atoms with E-state index in [0.717, 1.165) is 0 Å². The van der Waals surface area contributed by atoms with Crippen molar-refractivity contribution >= 4 is 11.9 Å². The number of rotatable bonds is 6. The van der Waals surface area contributed by atoms with Crippen LogP contribution in [-0.4, -0.2) is 29.6 Å². The van der Waals surface area contributed by atoms with Crippen LogP contribution in [0.25, 0.3) is 0 Å². The quantitative estimate of drug-likeness (QED) is 0.830. The number of hydrogen-bond acceptors (Lipinski definition) is 3. The number of halogens is 1. The zero-order chi connectivity index (χ0) is 14.8. The lowest BCUT2D eigenvalue weighted by Crippen LogP contribution is -2.41. The van der Waals surface area contributed by atoms with Crippen molar-refractivity contribution in [1.82, 2.24) is 5.32 Å². The van der Waals surface area contributed by atoms with E-state index in [2.05, 4.69) is 5.32 Å². The third-order valence-electron chi connectivity index (χ3n) is 3.40. The summed E-state index contributed by atoms with van der Waals surface area (Å²) in [4.78, 5) is 22.8. The van der Waals surface area contributed by atoms with Crippen LogP contribution in [0.1, 0.15) is 19.8 Å². The molecule has 5 nitrogen and oxygen atoms in total. The molecule has 2 rings (SSSR count). The van der Waals surface area contributed by atoms with Crippen LogP contribution in [0.2, 0.25) is 0 Å². The number of carboxylic acid groups (broad SMARTS) is 1. The SMILES string of the molecule is CC(Oc1ccc(F)cc1)C(=O)NCC1(C(=O)O)CC1. The molecule has 1 aliphatic rings. The highest BCUT2D eigenvalue weighted by atomic mass is 19.1. The summed E-state index contributed by atoms with van der Waals surface area (Å²) < 4.78 is 18.1. The maximum atomic E-state index is 12.7. The summed E-state index contributed by atoms with van der Waals surface area (Å²) in [6, 6.07) is 5.34. The van der Waals surface area contributed by atoms with Gasteiger partial charge in [-0.1, -0.05) is 0 Å². The average Bonchev–Trinajstić information content (AvgIpc) is 3.20. The predicted molar refractivity (Wildman–Crippen MR) is 68.8 cm³/mol. The van der Waals surface area contributed by atoms with E-state index in [1.54, 1.807) is 6.92 Å². The highest BCUT2D eigenvalue weighted by Gasteiger charge is 2.50. The number of benzene rings is 1. The van der Waals surface area contributed by atoms with Crippen LogP contribution < -0.4 is 10.1 Å². The molecule has 0 radical (unpaired) electrons. The van der Waals surface area contributed by atoms with Crippen LogP contribution >= 0.6 is 0 Å². The molecule has 1 atom stereocenters. The van der Waals surface area contributed by atoms with E-state index in [-0.39, 0.29) is 18.3 Å². The molecule has 0 aromatic heterocycles. The Balaban J connectivity index is 1.83. The smallest absolute Gasteiger partial charge is 0.311 e. The Morgan fingerprint density at radius 2 is 2.00 bits per heavy atom. The van der Waals surface area contributed by atoms with Crippen LogP contribution in [0.3, 0.4) is 0 Å². The highest BCUT2D eigenvalue weighted by molar-refractivity contribution is 5.83. The largest absolute Gasteiger partial charge is 0.481 e. The summed E-state index contributed by atoms with van der Waals surface area (Å²) in [6.45, 7) is 1.66. The van der Waals surface area contributed by atoms with Crippen molar-refractivity contribution < 1.29 is 23.8 Å². The van der Waals surface area contributed by atoms with Crippen molar-refractivity contribution in [3.63, 3.8) is 0 Å². The van der Waals surface area contributed by atoms with Crippen LogP contribution in [0.5, 0.6) is 5.75 Å². The summed E-state index contributed by atoms with van der Waals surface area (Å²) in [6.07, 6.45) is 0.385. The fourth-order valence-corrected chi connectivity index (χ4v) is 1.79. The predicted octanol–water partition coefficient (Wildman–Crippen LogP) is 1.57. The number of nitrogens with one attached hydrogen (secondary N) is 1. The van der Waals surface area contributed by atoms with Gasteiger partial charge in [-0.05, 0) is 44.0 Å². The first-order valence-electron chi connectivity index (χ1n) is 6.36. The topological polar surface area (TPSA) is 75.6 Å². The summed E-state index contributed by atoms with van der Waals surface area (Å²) in [5.74, 6) is -1.27. The van der Waals surface area contributed by atoms with Crippen molar-refractivity contribution in [3.05, 3.63) is 30.1 Å². The Morgan fingerprint density at radius 1 is 1.40 bits per heavy atom. The molecule has 20 heavy (non-hydrogen) atoms. The molecule has 1 amide bonds. The monoisotopic (exact) mass is 281 g/mol. The first kappa shape index (κ1) is 14.3. The number of ether oxygens (including phenoxy) is 1. The number of carboxylic acids is 1. The lowest BCUT2D eigenvalue weighted by atomic mass is 10.1. The Bertz CT molecular complexity index is 510. The number of carbonyl (C=O) groups excluding carboxylic acids is 1. The van der Waals surface area contributed by atoms with Gasteiger partial charge in [0.15, 0.2) is 6.10 Å². The van der Waals surface area contributed by atoms with E-state index < -0.39 is 17.5 Å². The zero-order valence-electron chi connectivity index (χ0n) is 11.1. The molecule has 1 fully saturated rings. The van der Waals surface area contributed by atoms with E-state index >= 15 is 0 Å². The molecule has 0 spiro atoms. The van der Waals surface area contributed by atoms with E-state index in [1.807, 2.05) is 0 Å². The second kappa shape index (κ2) is 5.48. The van der Waals surface area contributed by atoms with Gasteiger partial charge >= 0.3 is 5.97 Å². The summed E-state index contributed by atoms with van der Waals surface area (Å²) in [7, 11) is 0. The van der Waals surface area contributed by atoms with Crippen molar-refractivity contribution in [2.24, 2.45) is 5.41 Å². The van der Waals surface area contributed by atoms with E-state index in [0.29, 0.717) is 18.6 Å². The minimum absolute atomic E-state index is 0.109. The van der Waals surface area contributed by atoms with Crippen LogP contribution in [0, 0.1) is 11.2 Å². The normalized spacial score (nSPS) is 17.1. The molecule has 0 saturated heterocycles. The summed E-state index contributed by atoms with van der Waals surface area (Å²) in [5, 5.41) is 11.6.